The smallest absolute Gasteiger partial charge is 0.120 e. The van der Waals surface area contributed by atoms with Gasteiger partial charge in [0.1, 0.15) is 6.29 Å². The van der Waals surface area contributed by atoms with Crippen LogP contribution in [0.3, 0.4) is 0 Å². The second kappa shape index (κ2) is 3.23. The molecule has 0 bridgehead atoms. The summed E-state index contributed by atoms with van der Waals surface area (Å²) in [6, 6.07) is 0. The molecule has 0 spiro atoms. The van der Waals surface area contributed by atoms with Crippen LogP contribution in [0.5, 0.6) is 0 Å². The third kappa shape index (κ3) is 1.84. The van der Waals surface area contributed by atoms with E-state index in [4.69, 9.17) is 0 Å². The van der Waals surface area contributed by atoms with E-state index in [9.17, 15) is 4.79 Å². The maximum atomic E-state index is 10.0. The first-order valence-electron chi connectivity index (χ1n) is 3.20. The van der Waals surface area contributed by atoms with Crippen molar-refractivity contribution in [2.75, 3.05) is 0 Å². The molecule has 0 saturated heterocycles. The van der Waals surface area contributed by atoms with Crippen LogP contribution in [0.25, 0.3) is 0 Å². The van der Waals surface area contributed by atoms with Gasteiger partial charge < -0.3 is 4.79 Å². The van der Waals surface area contributed by atoms with Crippen molar-refractivity contribution < 1.29 is 4.79 Å². The Morgan fingerprint density at radius 3 is 3.00 bits per heavy atom. The van der Waals surface area contributed by atoms with Crippen LogP contribution in [0.2, 0.25) is 0 Å². The number of carbonyl (C=O) groups is 1. The Kier molecular flexibility index (Phi) is 2.25. The van der Waals surface area contributed by atoms with Crippen LogP contribution >= 0.6 is 0 Å². The molecule has 0 aromatic carbocycles. The van der Waals surface area contributed by atoms with Crippen molar-refractivity contribution in [3.8, 4) is 0 Å². The Morgan fingerprint density at radius 2 is 2.44 bits per heavy atom. The standard InChI is InChI=1S/C8H10O/c9-7-6-8-4-2-1-3-5-8/h1-4,7-8H,5-6H2/t8-/m0/s1. The van der Waals surface area contributed by atoms with Crippen LogP contribution in [0.1, 0.15) is 12.8 Å². The zero-order valence-corrected chi connectivity index (χ0v) is 5.29. The third-order valence-electron chi connectivity index (χ3n) is 1.47. The number of hydrogen-bond acceptors (Lipinski definition) is 1. The molecule has 0 amide bonds. The number of allylic oxidation sites excluding steroid dienone is 4. The lowest BCUT2D eigenvalue weighted by Crippen LogP contribution is -1.96. The Hall–Kier alpha value is -0.850. The molecule has 1 aliphatic carbocycles. The van der Waals surface area contributed by atoms with Crippen molar-refractivity contribution in [1.29, 1.82) is 0 Å². The fraction of sp³-hybridized carbons (Fsp3) is 0.375. The first-order chi connectivity index (χ1) is 4.43. The van der Waals surface area contributed by atoms with Gasteiger partial charge in [-0.15, -0.1) is 0 Å². The molecule has 0 heterocycles. The van der Waals surface area contributed by atoms with E-state index in [0.29, 0.717) is 12.3 Å². The van der Waals surface area contributed by atoms with E-state index in [1.165, 1.54) is 0 Å². The minimum absolute atomic E-state index is 0.465. The molecule has 9 heavy (non-hydrogen) atoms. The van der Waals surface area contributed by atoms with Crippen molar-refractivity contribution in [2.24, 2.45) is 5.92 Å². The topological polar surface area (TPSA) is 17.1 Å². The van der Waals surface area contributed by atoms with E-state index in [2.05, 4.69) is 12.2 Å². The molecule has 1 rings (SSSR count). The van der Waals surface area contributed by atoms with Gasteiger partial charge in [0.05, 0.1) is 0 Å². The summed E-state index contributed by atoms with van der Waals surface area (Å²) in [5.74, 6) is 0.465. The van der Waals surface area contributed by atoms with Gasteiger partial charge in [0.15, 0.2) is 0 Å². The zero-order chi connectivity index (χ0) is 6.53. The Bertz CT molecular complexity index is 143. The first-order valence-corrected chi connectivity index (χ1v) is 3.20. The monoisotopic (exact) mass is 122 g/mol. The molecule has 1 aliphatic rings. The van der Waals surface area contributed by atoms with E-state index < -0.39 is 0 Å². The second-order valence-corrected chi connectivity index (χ2v) is 2.21. The third-order valence-corrected chi connectivity index (χ3v) is 1.47. The zero-order valence-electron chi connectivity index (χ0n) is 5.29. The number of rotatable bonds is 2. The number of carbonyl (C=O) groups excluding carboxylic acids is 1. The predicted octanol–water partition coefficient (Wildman–Crippen LogP) is 1.71. The van der Waals surface area contributed by atoms with Gasteiger partial charge in [-0.3, -0.25) is 0 Å². The summed E-state index contributed by atoms with van der Waals surface area (Å²) in [5, 5.41) is 0. The highest BCUT2D eigenvalue weighted by Crippen LogP contribution is 2.13. The largest absolute Gasteiger partial charge is 0.303 e. The average Bonchev–Trinajstić information content (AvgIpc) is 1.91. The van der Waals surface area contributed by atoms with Gasteiger partial charge in [-0.1, -0.05) is 24.3 Å². The molecular weight excluding hydrogens is 112 g/mol. The van der Waals surface area contributed by atoms with Crippen LogP contribution in [0.15, 0.2) is 24.3 Å². The molecule has 0 aliphatic heterocycles. The SMILES string of the molecule is O=CC[C@H]1C=CC=CC1. The molecule has 1 heteroatoms. The first kappa shape index (κ1) is 6.27. The van der Waals surface area contributed by atoms with Gasteiger partial charge in [0.2, 0.25) is 0 Å². The molecule has 0 aromatic rings. The summed E-state index contributed by atoms with van der Waals surface area (Å²) in [4.78, 5) is 10.0. The average molecular weight is 122 g/mol. The van der Waals surface area contributed by atoms with Gasteiger partial charge in [-0.2, -0.15) is 0 Å². The summed E-state index contributed by atoms with van der Waals surface area (Å²) in [5.41, 5.74) is 0. The molecule has 0 radical (unpaired) electrons. The molecular formula is C8H10O. The quantitative estimate of drug-likeness (QED) is 0.509. The van der Waals surface area contributed by atoms with E-state index >= 15 is 0 Å². The van der Waals surface area contributed by atoms with Crippen LogP contribution in [-0.4, -0.2) is 6.29 Å². The Morgan fingerprint density at radius 1 is 1.56 bits per heavy atom. The van der Waals surface area contributed by atoms with Gasteiger partial charge in [0, 0.05) is 6.42 Å². The maximum absolute atomic E-state index is 10.0. The number of aldehydes is 1. The molecule has 1 nitrogen and oxygen atoms in total. The van der Waals surface area contributed by atoms with Crippen molar-refractivity contribution in [1.82, 2.24) is 0 Å². The maximum Gasteiger partial charge on any atom is 0.120 e. The highest BCUT2D eigenvalue weighted by Gasteiger charge is 2.02. The molecule has 0 aromatic heterocycles. The van der Waals surface area contributed by atoms with Crippen molar-refractivity contribution in [3.05, 3.63) is 24.3 Å². The second-order valence-electron chi connectivity index (χ2n) is 2.21. The number of hydrogen-bond donors (Lipinski definition) is 0. The van der Waals surface area contributed by atoms with Crippen LogP contribution in [0.4, 0.5) is 0 Å². The van der Waals surface area contributed by atoms with Crippen molar-refractivity contribution >= 4 is 6.29 Å². The van der Waals surface area contributed by atoms with Gasteiger partial charge in [0.25, 0.3) is 0 Å². The predicted molar refractivity (Wildman–Crippen MR) is 37.1 cm³/mol. The lowest BCUT2D eigenvalue weighted by Gasteiger charge is -2.06. The van der Waals surface area contributed by atoms with Crippen molar-refractivity contribution in [2.45, 2.75) is 12.8 Å². The summed E-state index contributed by atoms with van der Waals surface area (Å²) in [6.45, 7) is 0. The molecule has 0 saturated carbocycles. The Balaban J connectivity index is 2.36. The van der Waals surface area contributed by atoms with E-state index in [1.807, 2.05) is 12.2 Å². The van der Waals surface area contributed by atoms with Crippen LogP contribution in [0, 0.1) is 5.92 Å². The van der Waals surface area contributed by atoms with Crippen LogP contribution < -0.4 is 0 Å². The molecule has 0 unspecified atom stereocenters. The fourth-order valence-electron chi connectivity index (χ4n) is 0.930. The summed E-state index contributed by atoms with van der Waals surface area (Å²) >= 11 is 0. The van der Waals surface area contributed by atoms with Gasteiger partial charge in [-0.25, -0.2) is 0 Å². The lowest BCUT2D eigenvalue weighted by molar-refractivity contribution is -0.108. The summed E-state index contributed by atoms with van der Waals surface area (Å²) < 4.78 is 0. The summed E-state index contributed by atoms with van der Waals surface area (Å²) in [6.07, 6.45) is 10.9. The molecule has 1 atom stereocenters. The van der Waals surface area contributed by atoms with E-state index in [-0.39, 0.29) is 0 Å². The van der Waals surface area contributed by atoms with E-state index in [1.54, 1.807) is 0 Å². The summed E-state index contributed by atoms with van der Waals surface area (Å²) in [7, 11) is 0. The molecule has 0 fully saturated rings. The highest BCUT2D eigenvalue weighted by molar-refractivity contribution is 5.50. The lowest BCUT2D eigenvalue weighted by atomic mass is 9.98. The fourth-order valence-corrected chi connectivity index (χ4v) is 0.930. The van der Waals surface area contributed by atoms with Gasteiger partial charge in [-0.05, 0) is 12.3 Å². The molecule has 48 valence electrons. The van der Waals surface area contributed by atoms with Crippen LogP contribution in [-0.2, 0) is 4.79 Å². The Labute approximate surface area is 55.1 Å². The van der Waals surface area contributed by atoms with E-state index in [0.717, 1.165) is 12.7 Å². The normalized spacial score (nSPS) is 24.2. The minimum Gasteiger partial charge on any atom is -0.303 e. The minimum atomic E-state index is 0.465. The highest BCUT2D eigenvalue weighted by atomic mass is 16.1. The molecule has 0 N–H and O–H groups in total. The van der Waals surface area contributed by atoms with Gasteiger partial charge >= 0.3 is 0 Å². The van der Waals surface area contributed by atoms with Crippen molar-refractivity contribution in [3.63, 3.8) is 0 Å².